The summed E-state index contributed by atoms with van der Waals surface area (Å²) in [5.74, 6) is 1.97. The normalized spacial score (nSPS) is 13.8. The van der Waals surface area contributed by atoms with Gasteiger partial charge in [-0.25, -0.2) is 9.59 Å². The Labute approximate surface area is 298 Å². The lowest BCUT2D eigenvalue weighted by Crippen LogP contribution is -2.31. The van der Waals surface area contributed by atoms with Gasteiger partial charge in [0.25, 0.3) is 0 Å². The Morgan fingerprint density at radius 3 is 1.24 bits per heavy atom. The first kappa shape index (κ1) is 36.7. The van der Waals surface area contributed by atoms with Gasteiger partial charge in [-0.1, -0.05) is 94.5 Å². The summed E-state index contributed by atoms with van der Waals surface area (Å²) in [7, 11) is 0. The molecule has 0 saturated heterocycles. The van der Waals surface area contributed by atoms with Crippen LogP contribution in [-0.2, 0) is 18.3 Å². The van der Waals surface area contributed by atoms with Gasteiger partial charge in [0.05, 0.1) is 0 Å². The first-order valence-corrected chi connectivity index (χ1v) is 18.3. The third-order valence-corrected chi connectivity index (χ3v) is 9.99. The summed E-state index contributed by atoms with van der Waals surface area (Å²) >= 11 is 0. The number of carbonyl (C=O) groups is 2. The Morgan fingerprint density at radius 2 is 0.900 bits per heavy atom. The molecule has 1 aliphatic carbocycles. The first-order valence-electron chi connectivity index (χ1n) is 18.3. The summed E-state index contributed by atoms with van der Waals surface area (Å²) in [4.78, 5) is 25.7. The highest BCUT2D eigenvalue weighted by molar-refractivity contribution is 5.70. The van der Waals surface area contributed by atoms with E-state index in [1.165, 1.54) is 28.7 Å². The molecule has 1 fully saturated rings. The molecule has 0 amide bonds. The zero-order valence-corrected chi connectivity index (χ0v) is 30.7. The van der Waals surface area contributed by atoms with E-state index in [4.69, 9.17) is 18.9 Å². The summed E-state index contributed by atoms with van der Waals surface area (Å²) in [5, 5.41) is 0. The Hall–Kier alpha value is -4.58. The van der Waals surface area contributed by atoms with Crippen LogP contribution < -0.4 is 18.9 Å². The second-order valence-corrected chi connectivity index (χ2v) is 13.9. The molecule has 0 aliphatic heterocycles. The van der Waals surface area contributed by atoms with Crippen LogP contribution in [0.1, 0.15) is 116 Å². The number of ether oxygens (including phenoxy) is 4. The van der Waals surface area contributed by atoms with Crippen LogP contribution >= 0.6 is 0 Å². The van der Waals surface area contributed by atoms with Crippen LogP contribution in [-0.4, -0.2) is 12.3 Å². The van der Waals surface area contributed by atoms with Crippen LogP contribution in [0.15, 0.2) is 72.8 Å². The zero-order chi connectivity index (χ0) is 35.7. The highest BCUT2D eigenvalue weighted by atomic mass is 16.7. The predicted molar refractivity (Wildman–Crippen MR) is 199 cm³/mol. The van der Waals surface area contributed by atoms with Crippen molar-refractivity contribution in [2.45, 2.75) is 118 Å². The van der Waals surface area contributed by atoms with E-state index in [0.717, 1.165) is 86.5 Å². The Kier molecular flexibility index (Phi) is 12.4. The molecule has 0 bridgehead atoms. The molecule has 4 aromatic carbocycles. The molecule has 0 atom stereocenters. The standard InChI is InChI=1S/C44H52O6/c1-7-9-14-34-16-20-38(21-17-34)47-42(45)49-40-30(3)26-36(27-31(40)4)44(24-12-11-13-25-44)37-28-32(5)41(33(6)29-37)50-43(46)48-39-22-18-35(19-23-39)15-10-8-2/h16-23,26-29H,7-15,24-25H2,1-6H3. The summed E-state index contributed by atoms with van der Waals surface area (Å²) in [6, 6.07) is 23.9. The number of hydrogen-bond acceptors (Lipinski definition) is 6. The first-order chi connectivity index (χ1) is 24.1. The molecule has 0 spiro atoms. The molecular weight excluding hydrogens is 624 g/mol. The summed E-state index contributed by atoms with van der Waals surface area (Å²) < 4.78 is 22.6. The molecule has 50 heavy (non-hydrogen) atoms. The molecule has 6 nitrogen and oxygen atoms in total. The van der Waals surface area contributed by atoms with Crippen LogP contribution in [0, 0.1) is 27.7 Å². The maximum absolute atomic E-state index is 12.9. The van der Waals surface area contributed by atoms with Crippen LogP contribution in [0.2, 0.25) is 0 Å². The molecule has 0 aromatic heterocycles. The van der Waals surface area contributed by atoms with E-state index in [1.54, 1.807) is 0 Å². The third kappa shape index (κ3) is 8.95. The van der Waals surface area contributed by atoms with Crippen LogP contribution in [0.25, 0.3) is 0 Å². The maximum atomic E-state index is 12.9. The van der Waals surface area contributed by atoms with Crippen molar-refractivity contribution in [3.05, 3.63) is 117 Å². The van der Waals surface area contributed by atoms with Gasteiger partial charge in [-0.2, -0.15) is 0 Å². The monoisotopic (exact) mass is 676 g/mol. The molecule has 0 N–H and O–H groups in total. The zero-order valence-electron chi connectivity index (χ0n) is 30.7. The van der Waals surface area contributed by atoms with E-state index >= 15 is 0 Å². The number of rotatable bonds is 12. The molecule has 264 valence electrons. The molecule has 0 radical (unpaired) electrons. The summed E-state index contributed by atoms with van der Waals surface area (Å²) in [6.45, 7) is 12.3. The van der Waals surface area contributed by atoms with Gasteiger partial charge in [0.1, 0.15) is 23.0 Å². The molecule has 0 unspecified atom stereocenters. The average molecular weight is 677 g/mol. The van der Waals surface area contributed by atoms with E-state index in [2.05, 4.69) is 38.1 Å². The van der Waals surface area contributed by atoms with Crippen LogP contribution in [0.4, 0.5) is 9.59 Å². The molecule has 5 rings (SSSR count). The quantitative estimate of drug-likeness (QED) is 0.110. The van der Waals surface area contributed by atoms with Gasteiger partial charge in [-0.3, -0.25) is 0 Å². The van der Waals surface area contributed by atoms with Gasteiger partial charge in [0.15, 0.2) is 0 Å². The van der Waals surface area contributed by atoms with Crippen molar-refractivity contribution >= 4 is 12.3 Å². The van der Waals surface area contributed by atoms with E-state index in [-0.39, 0.29) is 5.41 Å². The fourth-order valence-corrected chi connectivity index (χ4v) is 7.29. The van der Waals surface area contributed by atoms with E-state index < -0.39 is 12.3 Å². The average Bonchev–Trinajstić information content (AvgIpc) is 3.11. The van der Waals surface area contributed by atoms with Crippen LogP contribution in [0.5, 0.6) is 23.0 Å². The lowest BCUT2D eigenvalue weighted by Gasteiger charge is -2.40. The van der Waals surface area contributed by atoms with Gasteiger partial charge >= 0.3 is 12.3 Å². The van der Waals surface area contributed by atoms with E-state index in [0.29, 0.717) is 23.0 Å². The lowest BCUT2D eigenvalue weighted by molar-refractivity contribution is 0.150. The number of aryl methyl sites for hydroxylation is 6. The van der Waals surface area contributed by atoms with Crippen molar-refractivity contribution in [3.8, 4) is 23.0 Å². The van der Waals surface area contributed by atoms with Crippen molar-refractivity contribution in [1.82, 2.24) is 0 Å². The molecule has 4 aromatic rings. The molecule has 1 aliphatic rings. The van der Waals surface area contributed by atoms with Crippen molar-refractivity contribution in [3.63, 3.8) is 0 Å². The van der Waals surface area contributed by atoms with Gasteiger partial charge in [-0.05, 0) is 135 Å². The minimum absolute atomic E-state index is 0.222. The maximum Gasteiger partial charge on any atom is 0.519 e. The fourth-order valence-electron chi connectivity index (χ4n) is 7.29. The lowest BCUT2D eigenvalue weighted by atomic mass is 9.64. The molecule has 0 heterocycles. The number of benzene rings is 4. The number of unbranched alkanes of at least 4 members (excludes halogenated alkanes) is 2. The number of hydrogen-bond donors (Lipinski definition) is 0. The Bertz CT molecular complexity index is 1590. The highest BCUT2D eigenvalue weighted by Crippen LogP contribution is 2.48. The van der Waals surface area contributed by atoms with E-state index in [9.17, 15) is 9.59 Å². The van der Waals surface area contributed by atoms with Gasteiger partial charge in [0.2, 0.25) is 0 Å². The highest BCUT2D eigenvalue weighted by Gasteiger charge is 2.37. The molecule has 1 saturated carbocycles. The second kappa shape index (κ2) is 16.9. The Balaban J connectivity index is 1.33. The van der Waals surface area contributed by atoms with Crippen molar-refractivity contribution < 1.29 is 28.5 Å². The van der Waals surface area contributed by atoms with Crippen LogP contribution in [0.3, 0.4) is 0 Å². The SMILES string of the molecule is CCCCc1ccc(OC(=O)Oc2c(C)cc(C3(c4cc(C)c(OC(=O)Oc5ccc(CCCC)cc5)c(C)c4)CCCCC3)cc2C)cc1. The molecular formula is C44H52O6. The van der Waals surface area contributed by atoms with E-state index in [1.807, 2.05) is 76.2 Å². The van der Waals surface area contributed by atoms with Crippen molar-refractivity contribution in [1.29, 1.82) is 0 Å². The van der Waals surface area contributed by atoms with Crippen molar-refractivity contribution in [2.75, 3.05) is 0 Å². The molecule has 6 heteroatoms. The second-order valence-electron chi connectivity index (χ2n) is 13.9. The van der Waals surface area contributed by atoms with Gasteiger partial charge in [0, 0.05) is 5.41 Å². The predicted octanol–water partition coefficient (Wildman–Crippen LogP) is 12.0. The minimum Gasteiger partial charge on any atom is -0.395 e. The third-order valence-electron chi connectivity index (χ3n) is 9.99. The summed E-state index contributed by atoms with van der Waals surface area (Å²) in [5.41, 5.74) is 8.15. The number of carbonyl (C=O) groups excluding carboxylic acids is 2. The minimum atomic E-state index is -0.748. The summed E-state index contributed by atoms with van der Waals surface area (Å²) in [6.07, 6.45) is 10.5. The van der Waals surface area contributed by atoms with Crippen molar-refractivity contribution in [2.24, 2.45) is 0 Å². The largest absolute Gasteiger partial charge is 0.519 e. The van der Waals surface area contributed by atoms with Gasteiger partial charge < -0.3 is 18.9 Å². The van der Waals surface area contributed by atoms with Gasteiger partial charge in [-0.15, -0.1) is 0 Å². The fraction of sp³-hybridized carbons (Fsp3) is 0.409. The smallest absolute Gasteiger partial charge is 0.395 e. The topological polar surface area (TPSA) is 71.1 Å². The Morgan fingerprint density at radius 1 is 0.540 bits per heavy atom.